The number of carbonyl (C=O) groups excluding carboxylic acids is 2. The SMILES string of the molecule is CC(=O)c1cccc(NC(=O)CSc2nnc(-c3sc(C)nc3C)o2)c1. The van der Waals surface area contributed by atoms with Crippen LogP contribution < -0.4 is 5.32 Å². The lowest BCUT2D eigenvalue weighted by atomic mass is 10.1. The molecule has 2 aromatic heterocycles. The van der Waals surface area contributed by atoms with Crippen molar-refractivity contribution in [2.24, 2.45) is 0 Å². The van der Waals surface area contributed by atoms with Crippen molar-refractivity contribution < 1.29 is 14.0 Å². The lowest BCUT2D eigenvalue weighted by Gasteiger charge is -2.05. The zero-order valence-corrected chi connectivity index (χ0v) is 16.0. The van der Waals surface area contributed by atoms with E-state index in [1.54, 1.807) is 24.3 Å². The predicted molar refractivity (Wildman–Crippen MR) is 101 cm³/mol. The van der Waals surface area contributed by atoms with Gasteiger partial charge in [0, 0.05) is 11.3 Å². The Hall–Kier alpha value is -2.52. The first kappa shape index (κ1) is 18.3. The molecule has 9 heteroatoms. The normalized spacial score (nSPS) is 10.7. The molecule has 1 N–H and O–H groups in total. The number of thiazole rings is 1. The Kier molecular flexibility index (Phi) is 5.48. The van der Waals surface area contributed by atoms with Crippen LogP contribution in [0.3, 0.4) is 0 Å². The largest absolute Gasteiger partial charge is 0.410 e. The van der Waals surface area contributed by atoms with E-state index in [0.29, 0.717) is 22.4 Å². The standard InChI is InChI=1S/C17H16N4O3S2/c1-9-15(26-11(3)18-9)16-20-21-17(24-16)25-8-14(23)19-13-6-4-5-12(7-13)10(2)22/h4-7H,8H2,1-3H3,(H,19,23). The van der Waals surface area contributed by atoms with Gasteiger partial charge < -0.3 is 9.73 Å². The van der Waals surface area contributed by atoms with Gasteiger partial charge in [0.25, 0.3) is 11.1 Å². The van der Waals surface area contributed by atoms with Crippen molar-refractivity contribution in [2.75, 3.05) is 11.1 Å². The maximum absolute atomic E-state index is 12.1. The van der Waals surface area contributed by atoms with Crippen molar-refractivity contribution in [1.29, 1.82) is 0 Å². The molecule has 0 fully saturated rings. The second kappa shape index (κ2) is 7.79. The molecule has 3 rings (SSSR count). The van der Waals surface area contributed by atoms with Crippen molar-refractivity contribution in [3.8, 4) is 10.8 Å². The summed E-state index contributed by atoms with van der Waals surface area (Å²) >= 11 is 2.64. The van der Waals surface area contributed by atoms with Gasteiger partial charge in [0.2, 0.25) is 5.91 Å². The first-order valence-electron chi connectivity index (χ1n) is 7.74. The number of aromatic nitrogens is 3. The van der Waals surface area contributed by atoms with Gasteiger partial charge in [-0.25, -0.2) is 4.98 Å². The Morgan fingerprint density at radius 2 is 2.08 bits per heavy atom. The molecule has 0 saturated carbocycles. The van der Waals surface area contributed by atoms with Gasteiger partial charge in [-0.15, -0.1) is 21.5 Å². The molecule has 0 aliphatic heterocycles. The summed E-state index contributed by atoms with van der Waals surface area (Å²) in [5.41, 5.74) is 1.97. The summed E-state index contributed by atoms with van der Waals surface area (Å²) in [4.78, 5) is 28.7. The highest BCUT2D eigenvalue weighted by Gasteiger charge is 2.16. The van der Waals surface area contributed by atoms with Crippen LogP contribution in [0.25, 0.3) is 10.8 Å². The zero-order chi connectivity index (χ0) is 18.7. The number of amides is 1. The van der Waals surface area contributed by atoms with Crippen molar-refractivity contribution >= 4 is 40.5 Å². The maximum Gasteiger partial charge on any atom is 0.277 e. The molecule has 0 bridgehead atoms. The van der Waals surface area contributed by atoms with E-state index in [0.717, 1.165) is 27.3 Å². The molecule has 0 radical (unpaired) electrons. The monoisotopic (exact) mass is 388 g/mol. The first-order valence-corrected chi connectivity index (χ1v) is 9.54. The van der Waals surface area contributed by atoms with Gasteiger partial charge in [-0.2, -0.15) is 0 Å². The molecule has 0 saturated heterocycles. The van der Waals surface area contributed by atoms with E-state index in [2.05, 4.69) is 20.5 Å². The Balaban J connectivity index is 1.59. The maximum atomic E-state index is 12.1. The summed E-state index contributed by atoms with van der Waals surface area (Å²) < 4.78 is 5.60. The van der Waals surface area contributed by atoms with Gasteiger partial charge in [0.05, 0.1) is 16.5 Å². The number of carbonyl (C=O) groups is 2. The number of hydrogen-bond acceptors (Lipinski definition) is 8. The smallest absolute Gasteiger partial charge is 0.277 e. The van der Waals surface area contributed by atoms with Crippen molar-refractivity contribution in [3.63, 3.8) is 0 Å². The third-order valence-electron chi connectivity index (χ3n) is 3.38. The number of ketones is 1. The minimum atomic E-state index is -0.222. The van der Waals surface area contributed by atoms with E-state index in [9.17, 15) is 9.59 Å². The summed E-state index contributed by atoms with van der Waals surface area (Å²) in [6, 6.07) is 6.80. The molecule has 0 spiro atoms. The van der Waals surface area contributed by atoms with E-state index in [4.69, 9.17) is 4.42 Å². The van der Waals surface area contributed by atoms with E-state index in [1.807, 2.05) is 13.8 Å². The first-order chi connectivity index (χ1) is 12.4. The number of hydrogen-bond donors (Lipinski definition) is 1. The van der Waals surface area contributed by atoms with Gasteiger partial charge in [-0.05, 0) is 32.9 Å². The predicted octanol–water partition coefficient (Wildman–Crippen LogP) is 3.74. The third-order valence-corrected chi connectivity index (χ3v) is 5.26. The fourth-order valence-electron chi connectivity index (χ4n) is 2.23. The Morgan fingerprint density at radius 3 is 2.77 bits per heavy atom. The number of rotatable bonds is 6. The van der Waals surface area contributed by atoms with E-state index in [1.165, 1.54) is 18.3 Å². The molecule has 1 aromatic carbocycles. The molecule has 26 heavy (non-hydrogen) atoms. The number of benzene rings is 1. The molecule has 7 nitrogen and oxygen atoms in total. The minimum absolute atomic E-state index is 0.0533. The van der Waals surface area contributed by atoms with Crippen LogP contribution in [0.5, 0.6) is 0 Å². The zero-order valence-electron chi connectivity index (χ0n) is 14.4. The minimum Gasteiger partial charge on any atom is -0.410 e. The van der Waals surface area contributed by atoms with Gasteiger partial charge in [0.1, 0.15) is 4.88 Å². The number of nitrogens with one attached hydrogen (secondary N) is 1. The van der Waals surface area contributed by atoms with E-state index >= 15 is 0 Å². The summed E-state index contributed by atoms with van der Waals surface area (Å²) in [7, 11) is 0. The quantitative estimate of drug-likeness (QED) is 0.507. The molecule has 2 heterocycles. The van der Waals surface area contributed by atoms with Crippen LogP contribution in [-0.4, -0.2) is 32.6 Å². The van der Waals surface area contributed by atoms with Crippen molar-refractivity contribution in [1.82, 2.24) is 15.2 Å². The fraction of sp³-hybridized carbons (Fsp3) is 0.235. The van der Waals surface area contributed by atoms with Crippen LogP contribution in [-0.2, 0) is 4.79 Å². The molecule has 134 valence electrons. The number of Topliss-reactive ketones (excluding diaryl/α,β-unsaturated/α-hetero) is 1. The highest BCUT2D eigenvalue weighted by Crippen LogP contribution is 2.30. The fourth-order valence-corrected chi connectivity index (χ4v) is 3.63. The van der Waals surface area contributed by atoms with Crippen LogP contribution in [0.2, 0.25) is 0 Å². The van der Waals surface area contributed by atoms with Crippen LogP contribution in [0.15, 0.2) is 33.9 Å². The summed E-state index contributed by atoms with van der Waals surface area (Å²) in [6.45, 7) is 5.29. The molecule has 0 aliphatic rings. The number of thioether (sulfide) groups is 1. The van der Waals surface area contributed by atoms with Crippen LogP contribution in [0.1, 0.15) is 28.0 Å². The second-order valence-corrected chi connectivity index (χ2v) is 7.62. The van der Waals surface area contributed by atoms with E-state index < -0.39 is 0 Å². The molecular weight excluding hydrogens is 372 g/mol. The lowest BCUT2D eigenvalue weighted by molar-refractivity contribution is -0.113. The van der Waals surface area contributed by atoms with Crippen molar-refractivity contribution in [2.45, 2.75) is 26.0 Å². The molecule has 0 aliphatic carbocycles. The van der Waals surface area contributed by atoms with Crippen LogP contribution in [0.4, 0.5) is 5.69 Å². The molecular formula is C17H16N4O3S2. The van der Waals surface area contributed by atoms with Gasteiger partial charge >= 0.3 is 0 Å². The summed E-state index contributed by atoms with van der Waals surface area (Å²) in [5.74, 6) is 0.250. The number of aryl methyl sites for hydroxylation is 2. The molecule has 3 aromatic rings. The highest BCUT2D eigenvalue weighted by atomic mass is 32.2. The second-order valence-electron chi connectivity index (χ2n) is 5.49. The van der Waals surface area contributed by atoms with Crippen molar-refractivity contribution in [3.05, 3.63) is 40.5 Å². The highest BCUT2D eigenvalue weighted by molar-refractivity contribution is 7.99. The van der Waals surface area contributed by atoms with Gasteiger partial charge in [0.15, 0.2) is 5.78 Å². The average Bonchev–Trinajstić information content (AvgIpc) is 3.19. The Labute approximate surface area is 158 Å². The van der Waals surface area contributed by atoms with Crippen LogP contribution in [0, 0.1) is 13.8 Å². The Morgan fingerprint density at radius 1 is 1.27 bits per heavy atom. The molecule has 1 amide bonds. The molecule has 0 atom stereocenters. The number of anilines is 1. The topological polar surface area (TPSA) is 98.0 Å². The summed E-state index contributed by atoms with van der Waals surface area (Å²) in [6.07, 6.45) is 0. The Bertz CT molecular complexity index is 965. The number of nitrogens with zero attached hydrogens (tertiary/aromatic N) is 3. The van der Waals surface area contributed by atoms with E-state index in [-0.39, 0.29) is 17.4 Å². The van der Waals surface area contributed by atoms with Crippen LogP contribution >= 0.6 is 23.1 Å². The van der Waals surface area contributed by atoms with Gasteiger partial charge in [-0.1, -0.05) is 23.9 Å². The lowest BCUT2D eigenvalue weighted by Crippen LogP contribution is -2.14. The third kappa shape index (κ3) is 4.36. The average molecular weight is 388 g/mol. The summed E-state index contributed by atoms with van der Waals surface area (Å²) in [5, 5.41) is 12.0. The van der Waals surface area contributed by atoms with Gasteiger partial charge in [-0.3, -0.25) is 9.59 Å². The molecule has 0 unspecified atom stereocenters.